The van der Waals surface area contributed by atoms with Crippen LogP contribution in [-0.4, -0.2) is 9.13 Å². The molecule has 0 aliphatic heterocycles. The van der Waals surface area contributed by atoms with Crippen molar-refractivity contribution in [3.63, 3.8) is 0 Å². The first kappa shape index (κ1) is 24.7. The number of benzene rings is 6. The summed E-state index contributed by atoms with van der Waals surface area (Å²) >= 11 is 0. The number of para-hydroxylation sites is 3. The molecule has 4 nitrogen and oxygen atoms in total. The Labute approximate surface area is 248 Å². The van der Waals surface area contributed by atoms with Gasteiger partial charge in [0.25, 0.3) is 0 Å². The van der Waals surface area contributed by atoms with Crippen molar-refractivity contribution in [1.29, 1.82) is 10.5 Å². The zero-order valence-electron chi connectivity index (χ0n) is 23.4. The summed E-state index contributed by atoms with van der Waals surface area (Å²) in [4.78, 5) is 0. The van der Waals surface area contributed by atoms with E-state index in [0.717, 1.165) is 49.9 Å². The smallest absolute Gasteiger partial charge is 0.101 e. The second kappa shape index (κ2) is 9.48. The fourth-order valence-corrected chi connectivity index (χ4v) is 6.63. The van der Waals surface area contributed by atoms with Crippen LogP contribution in [0.1, 0.15) is 16.7 Å². The predicted octanol–water partition coefficient (Wildman–Crippen LogP) is 9.60. The largest absolute Gasteiger partial charge is 0.309 e. The fraction of sp³-hybridized carbons (Fsp3) is 0.0256. The highest BCUT2D eigenvalue weighted by Gasteiger charge is 2.19. The summed E-state index contributed by atoms with van der Waals surface area (Å²) < 4.78 is 4.50. The van der Waals surface area contributed by atoms with E-state index in [1.54, 1.807) is 6.07 Å². The van der Waals surface area contributed by atoms with Crippen molar-refractivity contribution in [3.8, 4) is 34.6 Å². The summed E-state index contributed by atoms with van der Waals surface area (Å²) in [6.07, 6.45) is 0. The summed E-state index contributed by atoms with van der Waals surface area (Å²) in [6, 6.07) is 48.8. The maximum atomic E-state index is 10.1. The third-order valence-electron chi connectivity index (χ3n) is 8.47. The van der Waals surface area contributed by atoms with Crippen LogP contribution in [0.15, 0.2) is 127 Å². The molecule has 0 aliphatic rings. The normalized spacial score (nSPS) is 11.3. The lowest BCUT2D eigenvalue weighted by Gasteiger charge is -2.14. The molecule has 0 radical (unpaired) electrons. The van der Waals surface area contributed by atoms with Gasteiger partial charge in [0.2, 0.25) is 0 Å². The number of rotatable bonds is 3. The predicted molar refractivity (Wildman–Crippen MR) is 175 cm³/mol. The number of nitrogens with zero attached hydrogens (tertiary/aromatic N) is 4. The first-order valence-electron chi connectivity index (χ1n) is 14.2. The van der Waals surface area contributed by atoms with Crippen LogP contribution >= 0.6 is 0 Å². The highest BCUT2D eigenvalue weighted by atomic mass is 15.0. The molecule has 0 bridgehead atoms. The van der Waals surface area contributed by atoms with Gasteiger partial charge in [0.05, 0.1) is 45.0 Å². The number of hydrogen-bond donors (Lipinski definition) is 0. The topological polar surface area (TPSA) is 57.4 Å². The number of hydrogen-bond acceptors (Lipinski definition) is 2. The van der Waals surface area contributed by atoms with Crippen LogP contribution in [0.3, 0.4) is 0 Å². The first-order valence-corrected chi connectivity index (χ1v) is 14.2. The number of aromatic nitrogens is 2. The molecule has 0 atom stereocenters. The van der Waals surface area contributed by atoms with Gasteiger partial charge in [0, 0.05) is 27.2 Å². The lowest BCUT2D eigenvalue weighted by atomic mass is 10.0. The van der Waals surface area contributed by atoms with E-state index in [-0.39, 0.29) is 0 Å². The highest BCUT2D eigenvalue weighted by molar-refractivity contribution is 6.12. The van der Waals surface area contributed by atoms with Crippen molar-refractivity contribution >= 4 is 43.6 Å². The third-order valence-corrected chi connectivity index (χ3v) is 8.47. The maximum Gasteiger partial charge on any atom is 0.101 e. The molecule has 0 saturated heterocycles. The van der Waals surface area contributed by atoms with E-state index in [9.17, 15) is 10.5 Å². The van der Waals surface area contributed by atoms with Crippen LogP contribution in [-0.2, 0) is 0 Å². The van der Waals surface area contributed by atoms with Crippen LogP contribution in [0, 0.1) is 29.6 Å². The molecule has 0 saturated carbocycles. The standard InChI is InChI=1S/C39H24N4/c1-25-19-26(23-40)20-29(24-41)39(25)43-36-14-8-6-12-32(36)34-22-28(16-18-38(34)43)27-15-17-37-33(21-27)31-11-5-7-13-35(31)42(37)30-9-3-2-4-10-30/h2-22H,1H3. The van der Waals surface area contributed by atoms with Gasteiger partial charge in [-0.1, -0.05) is 66.7 Å². The summed E-state index contributed by atoms with van der Waals surface area (Å²) in [6.45, 7) is 1.97. The van der Waals surface area contributed by atoms with Crippen LogP contribution in [0.5, 0.6) is 0 Å². The molecule has 0 aliphatic carbocycles. The highest BCUT2D eigenvalue weighted by Crippen LogP contribution is 2.39. The molecule has 2 aromatic heterocycles. The van der Waals surface area contributed by atoms with E-state index < -0.39 is 0 Å². The summed E-state index contributed by atoms with van der Waals surface area (Å²) in [7, 11) is 0. The van der Waals surface area contributed by atoms with Crippen molar-refractivity contribution in [2.75, 3.05) is 0 Å². The molecule has 2 heterocycles. The maximum absolute atomic E-state index is 10.1. The van der Waals surface area contributed by atoms with Gasteiger partial charge >= 0.3 is 0 Å². The average molecular weight is 549 g/mol. The van der Waals surface area contributed by atoms with Crippen LogP contribution in [0.25, 0.3) is 66.1 Å². The quantitative estimate of drug-likeness (QED) is 0.221. The minimum absolute atomic E-state index is 0.489. The molecule has 8 aromatic rings. The van der Waals surface area contributed by atoms with Crippen LogP contribution in [0.2, 0.25) is 0 Å². The van der Waals surface area contributed by atoms with Gasteiger partial charge in [-0.05, 0) is 84.3 Å². The SMILES string of the molecule is Cc1cc(C#N)cc(C#N)c1-n1c2ccccc2c2cc(-c3ccc4c(c3)c3ccccc3n4-c3ccccc3)ccc21. The molecule has 0 unspecified atom stereocenters. The van der Waals surface area contributed by atoms with Gasteiger partial charge in [-0.2, -0.15) is 10.5 Å². The Morgan fingerprint density at radius 1 is 0.488 bits per heavy atom. The van der Waals surface area contributed by atoms with E-state index in [0.29, 0.717) is 11.1 Å². The molecule has 0 amide bonds. The molecule has 0 spiro atoms. The van der Waals surface area contributed by atoms with E-state index >= 15 is 0 Å². The Kier molecular flexibility index (Phi) is 5.44. The second-order valence-corrected chi connectivity index (χ2v) is 10.9. The molecular weight excluding hydrogens is 524 g/mol. The van der Waals surface area contributed by atoms with Crippen molar-refractivity contribution < 1.29 is 0 Å². The molecule has 200 valence electrons. The monoisotopic (exact) mass is 548 g/mol. The number of nitriles is 2. The van der Waals surface area contributed by atoms with Crippen molar-refractivity contribution in [2.24, 2.45) is 0 Å². The Hall–Kier alpha value is -6.10. The molecular formula is C39H24N4. The van der Waals surface area contributed by atoms with Crippen molar-refractivity contribution in [1.82, 2.24) is 9.13 Å². The van der Waals surface area contributed by atoms with E-state index in [4.69, 9.17) is 0 Å². The molecule has 4 heteroatoms. The Bertz CT molecular complexity index is 2480. The van der Waals surface area contributed by atoms with Crippen molar-refractivity contribution in [2.45, 2.75) is 6.92 Å². The third kappa shape index (κ3) is 3.68. The summed E-state index contributed by atoms with van der Waals surface area (Å²) in [5, 5.41) is 24.2. The summed E-state index contributed by atoms with van der Waals surface area (Å²) in [5.74, 6) is 0. The number of aryl methyl sites for hydroxylation is 1. The van der Waals surface area contributed by atoms with Gasteiger partial charge in [0.1, 0.15) is 6.07 Å². The van der Waals surface area contributed by atoms with Gasteiger partial charge in [-0.15, -0.1) is 0 Å². The van der Waals surface area contributed by atoms with Gasteiger partial charge in [-0.3, -0.25) is 0 Å². The number of fused-ring (bicyclic) bond motifs is 6. The van der Waals surface area contributed by atoms with Crippen molar-refractivity contribution in [3.05, 3.63) is 144 Å². The lowest BCUT2D eigenvalue weighted by Crippen LogP contribution is -2.01. The minimum Gasteiger partial charge on any atom is -0.309 e. The molecule has 0 fully saturated rings. The van der Waals surface area contributed by atoms with E-state index in [1.165, 1.54) is 21.8 Å². The second-order valence-electron chi connectivity index (χ2n) is 10.9. The van der Waals surface area contributed by atoms with Crippen LogP contribution in [0.4, 0.5) is 0 Å². The molecule has 0 N–H and O–H groups in total. The molecule has 6 aromatic carbocycles. The average Bonchev–Trinajstić information content (AvgIpc) is 3.57. The summed E-state index contributed by atoms with van der Waals surface area (Å²) in [5.41, 5.74) is 10.5. The molecule has 43 heavy (non-hydrogen) atoms. The Balaban J connectivity index is 1.36. The zero-order valence-corrected chi connectivity index (χ0v) is 23.4. The Morgan fingerprint density at radius 3 is 1.63 bits per heavy atom. The lowest BCUT2D eigenvalue weighted by molar-refractivity contribution is 1.13. The molecule has 8 rings (SSSR count). The Morgan fingerprint density at radius 2 is 1.02 bits per heavy atom. The zero-order chi connectivity index (χ0) is 29.1. The van der Waals surface area contributed by atoms with E-state index in [2.05, 4.69) is 124 Å². The minimum atomic E-state index is 0.489. The first-order chi connectivity index (χ1) is 21.2. The van der Waals surface area contributed by atoms with Gasteiger partial charge in [0.15, 0.2) is 0 Å². The van der Waals surface area contributed by atoms with E-state index in [1.807, 2.05) is 25.1 Å². The van der Waals surface area contributed by atoms with Gasteiger partial charge < -0.3 is 9.13 Å². The van der Waals surface area contributed by atoms with Crippen LogP contribution < -0.4 is 0 Å². The van der Waals surface area contributed by atoms with Gasteiger partial charge in [-0.25, -0.2) is 0 Å². The fourth-order valence-electron chi connectivity index (χ4n) is 6.63.